The van der Waals surface area contributed by atoms with Crippen LogP contribution in [0.2, 0.25) is 0 Å². The van der Waals surface area contributed by atoms with Crippen LogP contribution in [0.5, 0.6) is 0 Å². The zero-order valence-electron chi connectivity index (χ0n) is 7.35. The number of rotatable bonds is 2. The Bertz CT molecular complexity index is 608. The lowest BCUT2D eigenvalue weighted by Crippen LogP contribution is -2.00. The van der Waals surface area contributed by atoms with Gasteiger partial charge in [0, 0.05) is 22.8 Å². The molecule has 0 atom stereocenters. The Balaban J connectivity index is 3.70. The molecule has 0 N–H and O–H groups in total. The Morgan fingerprint density at radius 1 is 1.50 bits per heavy atom. The van der Waals surface area contributed by atoms with Crippen LogP contribution in [0.3, 0.4) is 0 Å². The Hall–Kier alpha value is -0.920. The van der Waals surface area contributed by atoms with Crippen LogP contribution in [-0.4, -0.2) is 13.3 Å². The summed E-state index contributed by atoms with van der Waals surface area (Å²) in [6, 6.07) is 3.49. The maximum absolute atomic E-state index is 11.1. The van der Waals surface area contributed by atoms with Crippen LogP contribution in [0.15, 0.2) is 17.0 Å². The van der Waals surface area contributed by atoms with Gasteiger partial charge in [-0.3, -0.25) is 10.1 Å². The molecule has 9 heteroatoms. The summed E-state index contributed by atoms with van der Waals surface area (Å²) in [4.78, 5) is 9.30. The first-order chi connectivity index (χ1) is 7.27. The van der Waals surface area contributed by atoms with Crippen molar-refractivity contribution < 1.29 is 13.3 Å². The van der Waals surface area contributed by atoms with Crippen molar-refractivity contribution in [1.29, 1.82) is 5.26 Å². The van der Waals surface area contributed by atoms with Crippen molar-refractivity contribution in [2.45, 2.75) is 4.90 Å². The Morgan fingerprint density at radius 3 is 2.44 bits per heavy atom. The summed E-state index contributed by atoms with van der Waals surface area (Å²) in [5, 5.41) is 19.2. The minimum absolute atomic E-state index is 0.0701. The van der Waals surface area contributed by atoms with Crippen molar-refractivity contribution in [1.82, 2.24) is 0 Å². The van der Waals surface area contributed by atoms with Crippen molar-refractivity contribution in [3.63, 3.8) is 0 Å². The maximum atomic E-state index is 11.1. The molecule has 1 rings (SSSR count). The number of benzene rings is 1. The first kappa shape index (κ1) is 13.1. The van der Waals surface area contributed by atoms with Crippen molar-refractivity contribution in [2.24, 2.45) is 0 Å². The number of nitro groups is 1. The molecule has 0 aliphatic rings. The largest absolute Gasteiger partial charge is 0.272 e. The predicted molar refractivity (Wildman–Crippen MR) is 63.6 cm³/mol. The molecule has 0 fully saturated rings. The smallest absolute Gasteiger partial charge is 0.258 e. The second kappa shape index (κ2) is 4.52. The lowest BCUT2D eigenvalue weighted by molar-refractivity contribution is -0.385. The van der Waals surface area contributed by atoms with Crippen LogP contribution >= 0.6 is 33.3 Å². The van der Waals surface area contributed by atoms with E-state index >= 15 is 0 Å². The van der Waals surface area contributed by atoms with Crippen LogP contribution in [0.1, 0.15) is 5.56 Å². The highest BCUT2D eigenvalue weighted by atomic mass is 127. The van der Waals surface area contributed by atoms with E-state index in [1.165, 1.54) is 0 Å². The Kier molecular flexibility index (Phi) is 3.72. The van der Waals surface area contributed by atoms with Crippen LogP contribution in [0.4, 0.5) is 5.69 Å². The minimum atomic E-state index is -4.11. The highest BCUT2D eigenvalue weighted by Gasteiger charge is 2.22. The average molecular weight is 373 g/mol. The van der Waals surface area contributed by atoms with E-state index in [9.17, 15) is 18.5 Å². The molecule has 0 heterocycles. The zero-order chi connectivity index (χ0) is 12.5. The molecule has 0 saturated carbocycles. The molecule has 0 amide bonds. The van der Waals surface area contributed by atoms with Gasteiger partial charge in [-0.05, 0) is 22.6 Å². The van der Waals surface area contributed by atoms with E-state index in [4.69, 9.17) is 15.9 Å². The van der Waals surface area contributed by atoms with Crippen molar-refractivity contribution >= 4 is 48.0 Å². The maximum Gasteiger partial charge on any atom is 0.272 e. The number of non-ortho nitro benzene ring substituents is 1. The third-order valence-corrected chi connectivity index (χ3v) is 4.49. The number of halogens is 2. The van der Waals surface area contributed by atoms with E-state index in [1.54, 1.807) is 28.7 Å². The Labute approximate surface area is 109 Å². The normalized spacial score (nSPS) is 10.8. The molecule has 1 aromatic rings. The van der Waals surface area contributed by atoms with Crippen molar-refractivity contribution in [2.75, 3.05) is 0 Å². The third-order valence-electron chi connectivity index (χ3n) is 1.62. The van der Waals surface area contributed by atoms with Crippen LogP contribution < -0.4 is 0 Å². The molecule has 0 radical (unpaired) electrons. The molecular formula is C7H2ClIN2O4S. The fourth-order valence-corrected chi connectivity index (χ4v) is 3.59. The molecule has 16 heavy (non-hydrogen) atoms. The standard InChI is InChI=1S/C7H2ClIN2O4S/c8-16(14,15)6-2-5(11(12)13)1-4(3-10)7(6)9/h1-2H. The molecule has 0 spiro atoms. The first-order valence-corrected chi connectivity index (χ1v) is 6.99. The highest BCUT2D eigenvalue weighted by molar-refractivity contribution is 14.1. The van der Waals surface area contributed by atoms with E-state index < -0.39 is 24.6 Å². The molecule has 6 nitrogen and oxygen atoms in total. The van der Waals surface area contributed by atoms with Gasteiger partial charge >= 0.3 is 0 Å². The molecule has 0 aliphatic carbocycles. The summed E-state index contributed by atoms with van der Waals surface area (Å²) < 4.78 is 22.3. The summed E-state index contributed by atoms with van der Waals surface area (Å²) in [5.41, 5.74) is -0.592. The molecule has 0 saturated heterocycles. The lowest BCUT2D eigenvalue weighted by Gasteiger charge is -2.02. The van der Waals surface area contributed by atoms with E-state index in [0.717, 1.165) is 12.1 Å². The molecule has 84 valence electrons. The molecule has 1 aromatic carbocycles. The zero-order valence-corrected chi connectivity index (χ0v) is 11.1. The van der Waals surface area contributed by atoms with Gasteiger partial charge in [-0.15, -0.1) is 0 Å². The quantitative estimate of drug-likeness (QED) is 0.342. The summed E-state index contributed by atoms with van der Waals surface area (Å²) in [6.07, 6.45) is 0. The Morgan fingerprint density at radius 2 is 2.06 bits per heavy atom. The lowest BCUT2D eigenvalue weighted by atomic mass is 10.2. The van der Waals surface area contributed by atoms with Gasteiger partial charge in [-0.25, -0.2) is 8.42 Å². The van der Waals surface area contributed by atoms with Gasteiger partial charge < -0.3 is 0 Å². The number of nitrogens with zero attached hydrogens (tertiary/aromatic N) is 2. The fourth-order valence-electron chi connectivity index (χ4n) is 0.947. The van der Waals surface area contributed by atoms with E-state index in [1.807, 2.05) is 0 Å². The van der Waals surface area contributed by atoms with Crippen molar-refractivity contribution in [3.8, 4) is 6.07 Å². The average Bonchev–Trinajstić information content (AvgIpc) is 2.15. The van der Waals surface area contributed by atoms with Gasteiger partial charge in [0.15, 0.2) is 0 Å². The highest BCUT2D eigenvalue weighted by Crippen LogP contribution is 2.29. The van der Waals surface area contributed by atoms with E-state index in [-0.39, 0.29) is 9.13 Å². The summed E-state index contributed by atoms with van der Waals surface area (Å²) in [5.74, 6) is 0. The predicted octanol–water partition coefficient (Wildman–Crippen LogP) is 2.00. The summed E-state index contributed by atoms with van der Waals surface area (Å²) >= 11 is 1.60. The second-order valence-electron chi connectivity index (χ2n) is 2.61. The van der Waals surface area contributed by atoms with Gasteiger partial charge in [0.2, 0.25) is 0 Å². The summed E-state index contributed by atoms with van der Waals surface area (Å²) in [7, 11) is 0.992. The van der Waals surface area contributed by atoms with E-state index in [2.05, 4.69) is 0 Å². The van der Waals surface area contributed by atoms with Crippen LogP contribution in [-0.2, 0) is 9.05 Å². The first-order valence-electron chi connectivity index (χ1n) is 3.60. The number of hydrogen-bond donors (Lipinski definition) is 0. The van der Waals surface area contributed by atoms with Gasteiger partial charge in [0.1, 0.15) is 11.0 Å². The van der Waals surface area contributed by atoms with Gasteiger partial charge in [0.05, 0.1) is 14.1 Å². The fraction of sp³-hybridized carbons (Fsp3) is 0. The number of hydrogen-bond acceptors (Lipinski definition) is 5. The molecular weight excluding hydrogens is 371 g/mol. The molecule has 0 unspecified atom stereocenters. The SMILES string of the molecule is N#Cc1cc([N+](=O)[O-])cc(S(=O)(=O)Cl)c1I. The van der Waals surface area contributed by atoms with E-state index in [0.29, 0.717) is 0 Å². The second-order valence-corrected chi connectivity index (χ2v) is 6.23. The van der Waals surface area contributed by atoms with Crippen LogP contribution in [0, 0.1) is 25.0 Å². The molecule has 0 aromatic heterocycles. The molecule has 0 aliphatic heterocycles. The minimum Gasteiger partial charge on any atom is -0.258 e. The summed E-state index contributed by atoms with van der Waals surface area (Å²) in [6.45, 7) is 0. The van der Waals surface area contributed by atoms with Gasteiger partial charge in [0.25, 0.3) is 14.7 Å². The topological polar surface area (TPSA) is 101 Å². The van der Waals surface area contributed by atoms with Gasteiger partial charge in [-0.2, -0.15) is 5.26 Å². The third kappa shape index (κ3) is 2.60. The number of nitriles is 1. The monoisotopic (exact) mass is 372 g/mol. The van der Waals surface area contributed by atoms with Crippen LogP contribution in [0.25, 0.3) is 0 Å². The molecule has 0 bridgehead atoms. The van der Waals surface area contributed by atoms with Gasteiger partial charge in [-0.1, -0.05) is 0 Å². The van der Waals surface area contributed by atoms with Crippen molar-refractivity contribution in [3.05, 3.63) is 31.4 Å². The number of nitro benzene ring substituents is 1.